The second kappa shape index (κ2) is 9.25. The van der Waals surface area contributed by atoms with Gasteiger partial charge in [-0.25, -0.2) is 19.9 Å². The zero-order valence-electron chi connectivity index (χ0n) is 18.9. The Kier molecular flexibility index (Phi) is 6.25. The first-order valence-corrected chi connectivity index (χ1v) is 10.8. The summed E-state index contributed by atoms with van der Waals surface area (Å²) >= 11 is 0. The van der Waals surface area contributed by atoms with Gasteiger partial charge in [0, 0.05) is 55.8 Å². The first-order valence-electron chi connectivity index (χ1n) is 10.8. The molecule has 166 valence electrons. The highest BCUT2D eigenvalue weighted by molar-refractivity contribution is 5.91. The second-order valence-corrected chi connectivity index (χ2v) is 8.16. The average Bonchev–Trinajstić information content (AvgIpc) is 3.15. The third-order valence-electron chi connectivity index (χ3n) is 5.49. The van der Waals surface area contributed by atoms with Crippen LogP contribution >= 0.6 is 0 Å². The first kappa shape index (κ1) is 21.6. The molecule has 1 amide bonds. The Balaban J connectivity index is 1.48. The van der Waals surface area contributed by atoms with Gasteiger partial charge >= 0.3 is 0 Å². The first-order chi connectivity index (χ1) is 15.4. The molecule has 1 aliphatic heterocycles. The molecule has 4 heterocycles. The lowest BCUT2D eigenvalue weighted by molar-refractivity contribution is -0.127. The van der Waals surface area contributed by atoms with Crippen LogP contribution in [-0.4, -0.2) is 53.6 Å². The van der Waals surface area contributed by atoms with E-state index in [-0.39, 0.29) is 11.8 Å². The summed E-state index contributed by atoms with van der Waals surface area (Å²) in [4.78, 5) is 32.7. The molecule has 0 aromatic carbocycles. The number of amides is 1. The maximum absolute atomic E-state index is 12.8. The smallest absolute Gasteiger partial charge is 0.246 e. The van der Waals surface area contributed by atoms with Gasteiger partial charge in [0.2, 0.25) is 11.9 Å². The van der Waals surface area contributed by atoms with Gasteiger partial charge in [0.15, 0.2) is 0 Å². The van der Waals surface area contributed by atoms with E-state index in [1.54, 1.807) is 23.0 Å². The van der Waals surface area contributed by atoms with Crippen molar-refractivity contribution in [2.24, 2.45) is 7.05 Å². The van der Waals surface area contributed by atoms with Crippen molar-refractivity contribution in [2.45, 2.75) is 39.5 Å². The van der Waals surface area contributed by atoms with Crippen molar-refractivity contribution in [2.75, 3.05) is 18.4 Å². The van der Waals surface area contributed by atoms with Crippen LogP contribution in [0.5, 0.6) is 0 Å². The molecule has 0 unspecified atom stereocenters. The zero-order chi connectivity index (χ0) is 22.7. The number of carbonyl (C=O) groups excluding carboxylic acids is 1. The number of hydrogen-bond acceptors (Lipinski definition) is 7. The number of anilines is 2. The Morgan fingerprint density at radius 1 is 1.12 bits per heavy atom. The molecule has 0 spiro atoms. The monoisotopic (exact) mass is 432 g/mol. The fourth-order valence-corrected chi connectivity index (χ4v) is 3.99. The molecule has 9 heteroatoms. The van der Waals surface area contributed by atoms with Gasteiger partial charge in [-0.1, -0.05) is 0 Å². The highest BCUT2D eigenvalue weighted by Gasteiger charge is 2.25. The average molecular weight is 433 g/mol. The summed E-state index contributed by atoms with van der Waals surface area (Å²) in [6.45, 7) is 7.13. The summed E-state index contributed by atoms with van der Waals surface area (Å²) in [6, 6.07) is 5.75. The predicted molar refractivity (Wildman–Crippen MR) is 122 cm³/mol. The predicted octanol–water partition coefficient (Wildman–Crippen LogP) is 3.09. The molecule has 9 nitrogen and oxygen atoms in total. The van der Waals surface area contributed by atoms with Crippen LogP contribution in [0.3, 0.4) is 0 Å². The fourth-order valence-electron chi connectivity index (χ4n) is 3.99. The molecule has 1 saturated heterocycles. The van der Waals surface area contributed by atoms with Crippen LogP contribution in [0.1, 0.15) is 47.4 Å². The number of aryl methyl sites for hydroxylation is 4. The van der Waals surface area contributed by atoms with Crippen molar-refractivity contribution in [3.8, 4) is 0 Å². The lowest BCUT2D eigenvalue weighted by Crippen LogP contribution is -2.38. The van der Waals surface area contributed by atoms with E-state index in [2.05, 4.69) is 30.4 Å². The van der Waals surface area contributed by atoms with Crippen molar-refractivity contribution in [1.29, 1.82) is 0 Å². The molecular formula is C23H28N8O. The Hall–Kier alpha value is -3.62. The molecule has 1 atom stereocenters. The molecular weight excluding hydrogens is 404 g/mol. The lowest BCUT2D eigenvalue weighted by atomic mass is 9.94. The molecule has 1 N–H and O–H groups in total. The summed E-state index contributed by atoms with van der Waals surface area (Å²) < 4.78 is 1.74. The molecule has 1 aliphatic rings. The standard InChI is InChI=1S/C23H28N8O/c1-15-12-16(2)26-23(25-15)29-21-13-20(27-17(3)28-21)18-6-5-11-31(14-18)22(32)8-7-19-9-10-24-30(19)4/h7-10,12-13,18H,5-6,11,14H2,1-4H3,(H,25,26,27,28,29)/b8-7+/t18-/m0/s1. The van der Waals surface area contributed by atoms with E-state index in [1.165, 1.54) is 0 Å². The molecule has 32 heavy (non-hydrogen) atoms. The Morgan fingerprint density at radius 2 is 1.91 bits per heavy atom. The molecule has 0 aliphatic carbocycles. The molecule has 0 bridgehead atoms. The third kappa shape index (κ3) is 5.16. The van der Waals surface area contributed by atoms with Crippen LogP contribution in [0, 0.1) is 20.8 Å². The third-order valence-corrected chi connectivity index (χ3v) is 5.49. The SMILES string of the molecule is Cc1cc(C)nc(Nc2cc([C@H]3CCCN(C(=O)/C=C/c4ccnn4C)C3)nc(C)n2)n1. The second-order valence-electron chi connectivity index (χ2n) is 8.16. The summed E-state index contributed by atoms with van der Waals surface area (Å²) in [5.41, 5.74) is 3.61. The number of carbonyl (C=O) groups is 1. The van der Waals surface area contributed by atoms with Gasteiger partial charge in [0.05, 0.1) is 11.4 Å². The fraction of sp³-hybridized carbons (Fsp3) is 0.391. The minimum Gasteiger partial charge on any atom is -0.338 e. The summed E-state index contributed by atoms with van der Waals surface area (Å²) in [6.07, 6.45) is 7.05. The highest BCUT2D eigenvalue weighted by atomic mass is 16.2. The molecule has 1 fully saturated rings. The van der Waals surface area contributed by atoms with Crippen molar-refractivity contribution in [3.63, 3.8) is 0 Å². The van der Waals surface area contributed by atoms with E-state index in [1.807, 2.05) is 50.9 Å². The normalized spacial score (nSPS) is 16.5. The van der Waals surface area contributed by atoms with Gasteiger partial charge in [0.1, 0.15) is 11.6 Å². The molecule has 0 saturated carbocycles. The summed E-state index contributed by atoms with van der Waals surface area (Å²) in [5.74, 6) is 2.02. The van der Waals surface area contributed by atoms with E-state index in [0.29, 0.717) is 24.1 Å². The van der Waals surface area contributed by atoms with Gasteiger partial charge in [-0.3, -0.25) is 9.48 Å². The number of nitrogens with one attached hydrogen (secondary N) is 1. The van der Waals surface area contributed by atoms with Gasteiger partial charge in [0.25, 0.3) is 0 Å². The van der Waals surface area contributed by atoms with Crippen molar-refractivity contribution < 1.29 is 4.79 Å². The van der Waals surface area contributed by atoms with E-state index in [9.17, 15) is 4.79 Å². The molecule has 3 aromatic heterocycles. The minimum atomic E-state index is 0.00339. The number of likely N-dealkylation sites (tertiary alicyclic amines) is 1. The van der Waals surface area contributed by atoms with Gasteiger partial charge in [-0.2, -0.15) is 5.10 Å². The quantitative estimate of drug-likeness (QED) is 0.618. The number of piperidine rings is 1. The van der Waals surface area contributed by atoms with Crippen LogP contribution in [-0.2, 0) is 11.8 Å². The van der Waals surface area contributed by atoms with Crippen molar-refractivity contribution >= 4 is 23.7 Å². The van der Waals surface area contributed by atoms with E-state index in [4.69, 9.17) is 0 Å². The Bertz CT molecular complexity index is 1130. The zero-order valence-corrected chi connectivity index (χ0v) is 18.9. The number of nitrogens with zero attached hydrogens (tertiary/aromatic N) is 7. The van der Waals surface area contributed by atoms with Crippen LogP contribution in [0.25, 0.3) is 6.08 Å². The van der Waals surface area contributed by atoms with Crippen LogP contribution in [0.4, 0.5) is 11.8 Å². The summed E-state index contributed by atoms with van der Waals surface area (Å²) in [7, 11) is 1.85. The van der Waals surface area contributed by atoms with E-state index >= 15 is 0 Å². The molecule has 3 aromatic rings. The topological polar surface area (TPSA) is 102 Å². The largest absolute Gasteiger partial charge is 0.338 e. The minimum absolute atomic E-state index is 0.00339. The molecule has 4 rings (SSSR count). The Labute approximate surface area is 187 Å². The maximum Gasteiger partial charge on any atom is 0.246 e. The van der Waals surface area contributed by atoms with E-state index in [0.717, 1.165) is 42.2 Å². The maximum atomic E-state index is 12.8. The lowest BCUT2D eigenvalue weighted by Gasteiger charge is -2.32. The van der Waals surface area contributed by atoms with Gasteiger partial charge in [-0.05, 0) is 51.8 Å². The molecule has 0 radical (unpaired) electrons. The Morgan fingerprint density at radius 3 is 2.62 bits per heavy atom. The number of rotatable bonds is 5. The number of aromatic nitrogens is 6. The van der Waals surface area contributed by atoms with E-state index < -0.39 is 0 Å². The van der Waals surface area contributed by atoms with Crippen LogP contribution < -0.4 is 5.32 Å². The van der Waals surface area contributed by atoms with Crippen molar-refractivity contribution in [1.82, 2.24) is 34.6 Å². The highest BCUT2D eigenvalue weighted by Crippen LogP contribution is 2.27. The van der Waals surface area contributed by atoms with Crippen LogP contribution in [0.15, 0.2) is 30.5 Å². The van der Waals surface area contributed by atoms with Gasteiger partial charge < -0.3 is 10.2 Å². The summed E-state index contributed by atoms with van der Waals surface area (Å²) in [5, 5.41) is 7.33. The number of hydrogen-bond donors (Lipinski definition) is 1. The van der Waals surface area contributed by atoms with Gasteiger partial charge in [-0.15, -0.1) is 0 Å². The van der Waals surface area contributed by atoms with Crippen LogP contribution in [0.2, 0.25) is 0 Å². The van der Waals surface area contributed by atoms with Crippen molar-refractivity contribution in [3.05, 3.63) is 59.1 Å².